The fraction of sp³-hybridized carbons (Fsp3) is 0.333. The van der Waals surface area contributed by atoms with Crippen molar-refractivity contribution in [2.45, 2.75) is 25.8 Å². The molecule has 0 atom stereocenters. The van der Waals surface area contributed by atoms with Gasteiger partial charge in [0.05, 0.1) is 17.4 Å². The molecule has 2 heterocycles. The van der Waals surface area contributed by atoms with Gasteiger partial charge in [0.1, 0.15) is 0 Å². The first kappa shape index (κ1) is 22.2. The van der Waals surface area contributed by atoms with Crippen molar-refractivity contribution in [2.75, 3.05) is 19.6 Å². The van der Waals surface area contributed by atoms with E-state index in [1.807, 2.05) is 60.9 Å². The summed E-state index contributed by atoms with van der Waals surface area (Å²) in [5, 5.41) is 4.26. The van der Waals surface area contributed by atoms with Crippen molar-refractivity contribution in [2.24, 2.45) is 5.92 Å². The molecule has 3 aromatic rings. The van der Waals surface area contributed by atoms with Gasteiger partial charge in [-0.1, -0.05) is 42.5 Å². The van der Waals surface area contributed by atoms with E-state index in [-0.39, 0.29) is 11.8 Å². The molecule has 4 rings (SSSR count). The van der Waals surface area contributed by atoms with Crippen LogP contribution in [-0.4, -0.2) is 47.8 Å². The molecule has 1 aliphatic heterocycles. The molecule has 0 saturated carbocycles. The van der Waals surface area contributed by atoms with E-state index in [9.17, 15) is 13.2 Å². The Kier molecular flexibility index (Phi) is 7.02. The van der Waals surface area contributed by atoms with Crippen molar-refractivity contribution in [3.05, 3.63) is 71.9 Å². The van der Waals surface area contributed by atoms with E-state index in [1.54, 1.807) is 6.08 Å². The number of carbonyl (C=O) groups is 1. The molecule has 0 radical (unpaired) electrons. The first-order valence-corrected chi connectivity index (χ1v) is 12.4. The summed E-state index contributed by atoms with van der Waals surface area (Å²) >= 11 is 0. The lowest BCUT2D eigenvalue weighted by Crippen LogP contribution is -2.42. The number of hydrogen-bond acceptors (Lipinski definition) is 4. The van der Waals surface area contributed by atoms with Crippen LogP contribution in [0.1, 0.15) is 24.8 Å². The van der Waals surface area contributed by atoms with E-state index < -0.39 is 10.0 Å². The molecule has 1 aromatic heterocycles. The Bertz CT molecular complexity index is 1180. The van der Waals surface area contributed by atoms with Crippen LogP contribution in [0.4, 0.5) is 0 Å². The zero-order valence-corrected chi connectivity index (χ0v) is 18.7. The average Bonchev–Trinajstić information content (AvgIpc) is 3.24. The fourth-order valence-corrected chi connectivity index (χ4v) is 5.20. The van der Waals surface area contributed by atoms with Crippen LogP contribution >= 0.6 is 0 Å². The summed E-state index contributed by atoms with van der Waals surface area (Å²) in [5.41, 5.74) is 2.90. The van der Waals surface area contributed by atoms with Crippen molar-refractivity contribution in [1.29, 1.82) is 0 Å². The Morgan fingerprint density at radius 3 is 2.56 bits per heavy atom. The number of nitrogens with one attached hydrogen (secondary N) is 1. The Morgan fingerprint density at radius 2 is 1.78 bits per heavy atom. The van der Waals surface area contributed by atoms with Crippen molar-refractivity contribution >= 4 is 33.0 Å². The molecule has 1 saturated heterocycles. The molecule has 1 amide bonds. The smallest absolute Gasteiger partial charge is 0.236 e. The van der Waals surface area contributed by atoms with Crippen molar-refractivity contribution in [1.82, 2.24) is 19.2 Å². The second kappa shape index (κ2) is 10.1. The quantitative estimate of drug-likeness (QED) is 0.532. The van der Waals surface area contributed by atoms with E-state index in [0.29, 0.717) is 32.5 Å². The minimum absolute atomic E-state index is 0.0114. The molecule has 0 spiro atoms. The summed E-state index contributed by atoms with van der Waals surface area (Å²) in [5.74, 6) is -0.133. The maximum absolute atomic E-state index is 12.6. The number of imidazole rings is 1. The molecule has 1 fully saturated rings. The molecule has 1 N–H and O–H groups in total. The molecule has 0 bridgehead atoms. The standard InChI is InChI=1S/C24H28N4O3S/c29-24(25-14-6-15-27-19-26-22-9-4-5-10-23(22)27)21-11-16-28(17-12-21)32(30,31)18-13-20-7-2-1-3-8-20/h1-5,7-10,13,18-19,21H,6,11-12,14-17H2,(H,25,29)/b18-13+. The lowest BCUT2D eigenvalue weighted by Gasteiger charge is -2.29. The first-order valence-electron chi connectivity index (χ1n) is 10.9. The summed E-state index contributed by atoms with van der Waals surface area (Å²) in [6.45, 7) is 2.09. The van der Waals surface area contributed by atoms with Gasteiger partial charge < -0.3 is 9.88 Å². The maximum atomic E-state index is 12.6. The fourth-order valence-electron chi connectivity index (χ4n) is 3.98. The largest absolute Gasteiger partial charge is 0.356 e. The minimum Gasteiger partial charge on any atom is -0.356 e. The molecule has 2 aromatic carbocycles. The van der Waals surface area contributed by atoms with Gasteiger partial charge in [0, 0.05) is 37.5 Å². The number of benzene rings is 2. The van der Waals surface area contributed by atoms with Gasteiger partial charge in [-0.05, 0) is 43.0 Å². The van der Waals surface area contributed by atoms with Gasteiger partial charge in [0.2, 0.25) is 15.9 Å². The van der Waals surface area contributed by atoms with Crippen LogP contribution in [0.5, 0.6) is 0 Å². The predicted octanol–water partition coefficient (Wildman–Crippen LogP) is 3.26. The summed E-state index contributed by atoms with van der Waals surface area (Å²) in [4.78, 5) is 16.9. The number of carbonyl (C=O) groups excluding carboxylic acids is 1. The predicted molar refractivity (Wildman–Crippen MR) is 126 cm³/mol. The van der Waals surface area contributed by atoms with Gasteiger partial charge in [0.25, 0.3) is 0 Å². The highest BCUT2D eigenvalue weighted by atomic mass is 32.2. The van der Waals surface area contributed by atoms with Crippen LogP contribution in [0, 0.1) is 5.92 Å². The van der Waals surface area contributed by atoms with E-state index in [0.717, 1.165) is 29.6 Å². The Morgan fingerprint density at radius 1 is 1.06 bits per heavy atom. The molecule has 0 aliphatic carbocycles. The van der Waals surface area contributed by atoms with Gasteiger partial charge in [-0.15, -0.1) is 0 Å². The second-order valence-electron chi connectivity index (χ2n) is 8.00. The van der Waals surface area contributed by atoms with Gasteiger partial charge in [0.15, 0.2) is 0 Å². The summed E-state index contributed by atoms with van der Waals surface area (Å²) < 4.78 is 28.7. The van der Waals surface area contributed by atoms with Crippen molar-refractivity contribution in [3.63, 3.8) is 0 Å². The average molecular weight is 453 g/mol. The SMILES string of the molecule is O=C(NCCCn1cnc2ccccc21)C1CCN(S(=O)(=O)/C=C/c2ccccc2)CC1. The Labute approximate surface area is 188 Å². The topological polar surface area (TPSA) is 84.3 Å². The van der Waals surface area contributed by atoms with E-state index in [2.05, 4.69) is 14.9 Å². The minimum atomic E-state index is -3.48. The number of rotatable bonds is 8. The van der Waals surface area contributed by atoms with E-state index >= 15 is 0 Å². The molecule has 8 heteroatoms. The number of sulfonamides is 1. The van der Waals surface area contributed by atoms with Crippen LogP contribution in [0.25, 0.3) is 17.1 Å². The third kappa shape index (κ3) is 5.44. The summed E-state index contributed by atoms with van der Waals surface area (Å²) in [6, 6.07) is 17.3. The third-order valence-corrected chi connectivity index (χ3v) is 7.38. The van der Waals surface area contributed by atoms with Gasteiger partial charge in [-0.25, -0.2) is 13.4 Å². The maximum Gasteiger partial charge on any atom is 0.236 e. The van der Waals surface area contributed by atoms with E-state index in [4.69, 9.17) is 0 Å². The second-order valence-corrected chi connectivity index (χ2v) is 9.82. The lowest BCUT2D eigenvalue weighted by atomic mass is 9.97. The Balaban J connectivity index is 1.21. The van der Waals surface area contributed by atoms with Gasteiger partial charge in [-0.3, -0.25) is 4.79 Å². The van der Waals surface area contributed by atoms with Crippen LogP contribution in [0.15, 0.2) is 66.3 Å². The normalized spacial score (nSPS) is 16.0. The van der Waals surface area contributed by atoms with Crippen LogP contribution in [0.2, 0.25) is 0 Å². The number of hydrogen-bond donors (Lipinski definition) is 1. The third-order valence-electron chi connectivity index (χ3n) is 5.82. The molecule has 1 aliphatic rings. The highest BCUT2D eigenvalue weighted by Crippen LogP contribution is 2.21. The summed E-state index contributed by atoms with van der Waals surface area (Å²) in [6.07, 6.45) is 5.32. The zero-order valence-electron chi connectivity index (χ0n) is 17.9. The van der Waals surface area contributed by atoms with Gasteiger partial charge in [-0.2, -0.15) is 4.31 Å². The van der Waals surface area contributed by atoms with E-state index in [1.165, 1.54) is 9.71 Å². The number of piperidine rings is 1. The monoisotopic (exact) mass is 452 g/mol. The molecular formula is C24H28N4O3S. The number of aromatic nitrogens is 2. The molecule has 168 valence electrons. The van der Waals surface area contributed by atoms with Crippen LogP contribution < -0.4 is 5.32 Å². The van der Waals surface area contributed by atoms with Crippen molar-refractivity contribution in [3.8, 4) is 0 Å². The highest BCUT2D eigenvalue weighted by molar-refractivity contribution is 7.92. The molecule has 32 heavy (non-hydrogen) atoms. The van der Waals surface area contributed by atoms with Gasteiger partial charge >= 0.3 is 0 Å². The number of nitrogens with zero attached hydrogens (tertiary/aromatic N) is 3. The first-order chi connectivity index (χ1) is 15.5. The zero-order chi connectivity index (χ0) is 22.4. The van der Waals surface area contributed by atoms with Crippen LogP contribution in [-0.2, 0) is 21.4 Å². The highest BCUT2D eigenvalue weighted by Gasteiger charge is 2.29. The van der Waals surface area contributed by atoms with Crippen LogP contribution in [0.3, 0.4) is 0 Å². The number of amides is 1. The number of para-hydroxylation sites is 2. The summed E-state index contributed by atoms with van der Waals surface area (Å²) in [7, 11) is -3.48. The Hall–Kier alpha value is -2.97. The lowest BCUT2D eigenvalue weighted by molar-refractivity contribution is -0.126. The number of fused-ring (bicyclic) bond motifs is 1. The molecule has 7 nitrogen and oxygen atoms in total. The molecule has 0 unspecified atom stereocenters. The number of aryl methyl sites for hydroxylation is 1. The molecular weight excluding hydrogens is 424 g/mol. The van der Waals surface area contributed by atoms with Crippen molar-refractivity contribution < 1.29 is 13.2 Å².